The number of rotatable bonds is 2. The highest BCUT2D eigenvalue weighted by Crippen LogP contribution is 2.11. The Morgan fingerprint density at radius 2 is 2.67 bits per heavy atom. The van der Waals surface area contributed by atoms with Crippen LogP contribution in [0.3, 0.4) is 0 Å². The van der Waals surface area contributed by atoms with E-state index >= 15 is 0 Å². The summed E-state index contributed by atoms with van der Waals surface area (Å²) in [7, 11) is 0. The van der Waals surface area contributed by atoms with Crippen LogP contribution in [0.5, 0.6) is 0 Å². The van der Waals surface area contributed by atoms with Crippen LogP contribution in [0, 0.1) is 0 Å². The summed E-state index contributed by atoms with van der Waals surface area (Å²) in [4.78, 5) is 3.95. The normalized spacial score (nSPS) is 13.0. The highest BCUT2D eigenvalue weighted by atomic mass is 16.3. The zero-order valence-corrected chi connectivity index (χ0v) is 5.37. The van der Waals surface area contributed by atoms with Gasteiger partial charge in [-0.25, -0.2) is 4.98 Å². The third-order valence-electron chi connectivity index (χ3n) is 1.27. The number of allylic oxidation sites excluding steroid dienone is 1. The lowest BCUT2D eigenvalue weighted by Gasteiger charge is -1.95. The van der Waals surface area contributed by atoms with Gasteiger partial charge in [-0.2, -0.15) is 0 Å². The van der Waals surface area contributed by atoms with Crippen LogP contribution in [0.25, 0.3) is 0 Å². The van der Waals surface area contributed by atoms with Gasteiger partial charge in [-0.1, -0.05) is 13.0 Å². The predicted octanol–water partition coefficient (Wildman–Crippen LogP) is 1.96. The van der Waals surface area contributed by atoms with Gasteiger partial charge in [0.2, 0.25) is 0 Å². The molecule has 9 heavy (non-hydrogen) atoms. The third-order valence-corrected chi connectivity index (χ3v) is 1.27. The second-order valence-corrected chi connectivity index (χ2v) is 1.94. The summed E-state index contributed by atoms with van der Waals surface area (Å²) in [5, 5.41) is 0. The molecule has 0 amide bonds. The Kier molecular flexibility index (Phi) is 1.68. The van der Waals surface area contributed by atoms with E-state index < -0.39 is 0 Å². The van der Waals surface area contributed by atoms with E-state index in [2.05, 4.69) is 11.6 Å². The first-order valence-electron chi connectivity index (χ1n) is 2.85. The van der Waals surface area contributed by atoms with Crippen LogP contribution in [0.4, 0.5) is 0 Å². The van der Waals surface area contributed by atoms with Gasteiger partial charge in [-0.05, 0) is 0 Å². The smallest absolute Gasteiger partial charge is 0.180 e. The maximum atomic E-state index is 4.78. The van der Waals surface area contributed by atoms with Crippen molar-refractivity contribution in [2.45, 2.75) is 12.8 Å². The van der Waals surface area contributed by atoms with Crippen molar-refractivity contribution in [1.29, 1.82) is 0 Å². The highest BCUT2D eigenvalue weighted by Gasteiger charge is 2.01. The molecule has 0 aromatic carbocycles. The van der Waals surface area contributed by atoms with Crippen molar-refractivity contribution in [2.24, 2.45) is 0 Å². The zero-order valence-electron chi connectivity index (χ0n) is 5.37. The fraction of sp³-hybridized carbons (Fsp3) is 0.286. The van der Waals surface area contributed by atoms with E-state index in [0.29, 0.717) is 5.92 Å². The lowest BCUT2D eigenvalue weighted by atomic mass is 10.1. The monoisotopic (exact) mass is 123 g/mol. The Balaban J connectivity index is 2.76. The van der Waals surface area contributed by atoms with Gasteiger partial charge in [0.05, 0.1) is 5.69 Å². The summed E-state index contributed by atoms with van der Waals surface area (Å²) >= 11 is 0. The first-order valence-corrected chi connectivity index (χ1v) is 2.85. The second kappa shape index (κ2) is 2.49. The highest BCUT2D eigenvalue weighted by molar-refractivity contribution is 5.06. The van der Waals surface area contributed by atoms with Crippen molar-refractivity contribution >= 4 is 0 Å². The zero-order chi connectivity index (χ0) is 6.69. The minimum Gasteiger partial charge on any atom is -0.451 e. The summed E-state index contributed by atoms with van der Waals surface area (Å²) in [6.45, 7) is 5.65. The first kappa shape index (κ1) is 6.08. The van der Waals surface area contributed by atoms with Crippen LogP contribution in [-0.2, 0) is 0 Å². The molecule has 2 nitrogen and oxygen atoms in total. The minimum absolute atomic E-state index is 0.295. The van der Waals surface area contributed by atoms with Gasteiger partial charge < -0.3 is 4.42 Å². The van der Waals surface area contributed by atoms with Gasteiger partial charge >= 0.3 is 0 Å². The second-order valence-electron chi connectivity index (χ2n) is 1.94. The summed E-state index contributed by atoms with van der Waals surface area (Å²) < 4.78 is 4.78. The maximum Gasteiger partial charge on any atom is 0.180 e. The van der Waals surface area contributed by atoms with Crippen LogP contribution >= 0.6 is 0 Å². The van der Waals surface area contributed by atoms with Gasteiger partial charge in [0.1, 0.15) is 6.26 Å². The molecule has 0 bridgehead atoms. The molecule has 2 heteroatoms. The largest absolute Gasteiger partial charge is 0.451 e. The molecule has 0 aliphatic carbocycles. The van der Waals surface area contributed by atoms with Gasteiger partial charge in [-0.15, -0.1) is 6.58 Å². The topological polar surface area (TPSA) is 26.0 Å². The molecule has 1 unspecified atom stereocenters. The molecule has 0 fully saturated rings. The lowest BCUT2D eigenvalue weighted by Crippen LogP contribution is -1.86. The summed E-state index contributed by atoms with van der Waals surface area (Å²) in [6, 6.07) is 0. The van der Waals surface area contributed by atoms with Crippen LogP contribution in [0.15, 0.2) is 29.7 Å². The molecule has 48 valence electrons. The SMILES string of the molecule is C=CC(C)c1cocn1. The Bertz CT molecular complexity index is 179. The van der Waals surface area contributed by atoms with Crippen molar-refractivity contribution in [3.05, 3.63) is 31.0 Å². The number of aromatic nitrogens is 1. The number of nitrogens with zero attached hydrogens (tertiary/aromatic N) is 1. The van der Waals surface area contributed by atoms with E-state index in [1.165, 1.54) is 6.39 Å². The van der Waals surface area contributed by atoms with E-state index in [-0.39, 0.29) is 0 Å². The third kappa shape index (κ3) is 1.19. The molecule has 0 spiro atoms. The molecule has 0 aliphatic heterocycles. The van der Waals surface area contributed by atoms with Crippen LogP contribution in [0.2, 0.25) is 0 Å². The van der Waals surface area contributed by atoms with Crippen LogP contribution < -0.4 is 0 Å². The van der Waals surface area contributed by atoms with Crippen molar-refractivity contribution in [2.75, 3.05) is 0 Å². The summed E-state index contributed by atoms with van der Waals surface area (Å²) in [5.41, 5.74) is 0.935. The summed E-state index contributed by atoms with van der Waals surface area (Å²) in [5.74, 6) is 0.295. The Morgan fingerprint density at radius 3 is 3.11 bits per heavy atom. The molecule has 0 saturated carbocycles. The summed E-state index contributed by atoms with van der Waals surface area (Å²) in [6.07, 6.45) is 4.89. The molecule has 1 rings (SSSR count). The van der Waals surface area contributed by atoms with Crippen molar-refractivity contribution < 1.29 is 4.42 Å². The van der Waals surface area contributed by atoms with E-state index in [1.54, 1.807) is 6.26 Å². The Labute approximate surface area is 54.2 Å². The maximum absolute atomic E-state index is 4.78. The van der Waals surface area contributed by atoms with Gasteiger partial charge in [0.15, 0.2) is 6.39 Å². The molecule has 0 saturated heterocycles. The van der Waals surface area contributed by atoms with Crippen molar-refractivity contribution in [3.63, 3.8) is 0 Å². The van der Waals surface area contributed by atoms with Crippen molar-refractivity contribution in [3.8, 4) is 0 Å². The minimum atomic E-state index is 0.295. The van der Waals surface area contributed by atoms with E-state index in [0.717, 1.165) is 5.69 Å². The predicted molar refractivity (Wildman–Crippen MR) is 35.1 cm³/mol. The molecule has 0 aliphatic rings. The Morgan fingerprint density at radius 1 is 1.89 bits per heavy atom. The molecule has 1 aromatic heterocycles. The average molecular weight is 123 g/mol. The molecule has 0 radical (unpaired) electrons. The lowest BCUT2D eigenvalue weighted by molar-refractivity contribution is 0.556. The van der Waals surface area contributed by atoms with Gasteiger partial charge in [0.25, 0.3) is 0 Å². The molecular formula is C7H9NO. The molecule has 0 N–H and O–H groups in total. The Hall–Kier alpha value is -1.05. The van der Waals surface area contributed by atoms with E-state index in [9.17, 15) is 0 Å². The first-order chi connectivity index (χ1) is 4.34. The van der Waals surface area contributed by atoms with Crippen molar-refractivity contribution in [1.82, 2.24) is 4.98 Å². The molecule has 1 aromatic rings. The average Bonchev–Trinajstić information content (AvgIpc) is 2.37. The quantitative estimate of drug-likeness (QED) is 0.562. The van der Waals surface area contributed by atoms with Crippen LogP contribution in [-0.4, -0.2) is 4.98 Å². The standard InChI is InChI=1S/C7H9NO/c1-3-6(2)7-4-9-5-8-7/h3-6H,1H2,2H3. The molecular weight excluding hydrogens is 114 g/mol. The van der Waals surface area contributed by atoms with Gasteiger partial charge in [0, 0.05) is 5.92 Å². The molecule has 1 atom stereocenters. The fourth-order valence-electron chi connectivity index (χ4n) is 0.567. The number of oxazole rings is 1. The van der Waals surface area contributed by atoms with E-state index in [4.69, 9.17) is 4.42 Å². The van der Waals surface area contributed by atoms with Gasteiger partial charge in [-0.3, -0.25) is 0 Å². The fourth-order valence-corrected chi connectivity index (χ4v) is 0.567. The number of hydrogen-bond donors (Lipinski definition) is 0. The molecule has 1 heterocycles. The van der Waals surface area contributed by atoms with E-state index in [1.807, 2.05) is 13.0 Å². The van der Waals surface area contributed by atoms with Crippen LogP contribution in [0.1, 0.15) is 18.5 Å². The number of hydrogen-bond acceptors (Lipinski definition) is 2.